The zero-order valence-corrected chi connectivity index (χ0v) is 14.9. The van der Waals surface area contributed by atoms with Crippen molar-refractivity contribution in [2.24, 2.45) is 5.73 Å². The highest BCUT2D eigenvalue weighted by atomic mass is 19.4. The van der Waals surface area contributed by atoms with Crippen molar-refractivity contribution in [1.29, 1.82) is 0 Å². The van der Waals surface area contributed by atoms with E-state index in [4.69, 9.17) is 5.73 Å². The Morgan fingerprint density at radius 2 is 1.93 bits per heavy atom. The Kier molecular flexibility index (Phi) is 4.68. The number of hydrogen-bond acceptors (Lipinski definition) is 3. The summed E-state index contributed by atoms with van der Waals surface area (Å²) in [6.45, 7) is 0.433. The van der Waals surface area contributed by atoms with Crippen LogP contribution in [0, 0.1) is 0 Å². The van der Waals surface area contributed by atoms with Gasteiger partial charge < -0.3 is 15.6 Å². The van der Waals surface area contributed by atoms with E-state index in [0.29, 0.717) is 13.0 Å². The summed E-state index contributed by atoms with van der Waals surface area (Å²) in [5.74, 6) is 0. The van der Waals surface area contributed by atoms with Gasteiger partial charge in [0.05, 0.1) is 11.7 Å². The summed E-state index contributed by atoms with van der Waals surface area (Å²) in [4.78, 5) is 9.38. The summed E-state index contributed by atoms with van der Waals surface area (Å²) < 4.78 is 38.2. The van der Waals surface area contributed by atoms with E-state index < -0.39 is 11.7 Å². The number of fused-ring (bicyclic) bond motifs is 1. The fourth-order valence-electron chi connectivity index (χ4n) is 3.32. The summed E-state index contributed by atoms with van der Waals surface area (Å²) >= 11 is 0. The van der Waals surface area contributed by atoms with Crippen molar-refractivity contribution >= 4 is 11.0 Å². The summed E-state index contributed by atoms with van der Waals surface area (Å²) in [5, 5.41) is 1.07. The van der Waals surface area contributed by atoms with Gasteiger partial charge in [-0.25, -0.2) is 4.98 Å². The Morgan fingerprint density at radius 1 is 1.14 bits per heavy atom. The molecule has 0 spiro atoms. The highest BCUT2D eigenvalue weighted by Crippen LogP contribution is 2.29. The average Bonchev–Trinajstić information content (AvgIpc) is 3.07. The molecule has 1 aliphatic rings. The molecule has 3 heterocycles. The fourth-order valence-corrected chi connectivity index (χ4v) is 3.32. The number of hydrogen-bond donors (Lipinski definition) is 2. The van der Waals surface area contributed by atoms with Crippen LogP contribution in [-0.4, -0.2) is 21.0 Å². The Bertz CT molecular complexity index is 1030. The van der Waals surface area contributed by atoms with Gasteiger partial charge in [0.15, 0.2) is 0 Å². The molecule has 0 amide bonds. The minimum atomic E-state index is -4.33. The van der Waals surface area contributed by atoms with E-state index in [1.807, 2.05) is 41.6 Å². The highest BCUT2D eigenvalue weighted by Gasteiger charge is 2.30. The molecular formula is C21H19F3N4. The van der Waals surface area contributed by atoms with Gasteiger partial charge in [-0.15, -0.1) is 0 Å². The van der Waals surface area contributed by atoms with Crippen LogP contribution in [0.4, 0.5) is 13.2 Å². The molecule has 28 heavy (non-hydrogen) atoms. The molecule has 0 radical (unpaired) electrons. The predicted octanol–water partition coefficient (Wildman–Crippen LogP) is 4.36. The van der Waals surface area contributed by atoms with Gasteiger partial charge in [-0.05, 0) is 47.0 Å². The first kappa shape index (κ1) is 18.3. The van der Waals surface area contributed by atoms with Crippen molar-refractivity contribution < 1.29 is 13.2 Å². The van der Waals surface area contributed by atoms with Crippen LogP contribution in [0.1, 0.15) is 16.7 Å². The number of nitrogens with two attached hydrogens (primary N) is 1. The Morgan fingerprint density at radius 3 is 2.68 bits per heavy atom. The minimum Gasteiger partial charge on any atom is -0.354 e. The maximum Gasteiger partial charge on any atom is 0.416 e. The molecule has 0 saturated heterocycles. The van der Waals surface area contributed by atoms with Crippen molar-refractivity contribution in [3.8, 4) is 0 Å². The smallest absolute Gasteiger partial charge is 0.354 e. The molecule has 144 valence electrons. The first-order valence-electron chi connectivity index (χ1n) is 8.87. The number of allylic oxidation sites excluding steroid dienone is 2. The summed E-state index contributed by atoms with van der Waals surface area (Å²) in [5.41, 5.74) is 9.31. The fraction of sp³-hybridized carbons (Fsp3) is 0.190. The second kappa shape index (κ2) is 7.16. The third-order valence-electron chi connectivity index (χ3n) is 4.80. The van der Waals surface area contributed by atoms with E-state index in [0.717, 1.165) is 39.9 Å². The normalized spacial score (nSPS) is 17.2. The molecule has 0 fully saturated rings. The molecule has 7 heteroatoms. The molecule has 4 rings (SSSR count). The zero-order valence-electron chi connectivity index (χ0n) is 14.9. The number of benzene rings is 1. The van der Waals surface area contributed by atoms with Crippen LogP contribution in [0.5, 0.6) is 0 Å². The predicted molar refractivity (Wildman–Crippen MR) is 102 cm³/mol. The monoisotopic (exact) mass is 384 g/mol. The lowest BCUT2D eigenvalue weighted by Crippen LogP contribution is -2.38. The van der Waals surface area contributed by atoms with Gasteiger partial charge in [0, 0.05) is 36.9 Å². The molecule has 2 aromatic heterocycles. The van der Waals surface area contributed by atoms with E-state index in [1.165, 1.54) is 12.1 Å². The number of aromatic amines is 1. The molecule has 0 saturated carbocycles. The van der Waals surface area contributed by atoms with Crippen molar-refractivity contribution in [3.63, 3.8) is 0 Å². The molecule has 1 aliphatic heterocycles. The molecule has 1 atom stereocenters. The SMILES string of the molecule is NC1C=CC(Cc2c[nH]c3ncccc23)=CN1Cc1ccc(C(F)(F)F)cc1. The largest absolute Gasteiger partial charge is 0.416 e. The van der Waals surface area contributed by atoms with E-state index >= 15 is 0 Å². The quantitative estimate of drug-likeness (QED) is 0.703. The lowest BCUT2D eigenvalue weighted by atomic mass is 10.0. The lowest BCUT2D eigenvalue weighted by molar-refractivity contribution is -0.137. The minimum absolute atomic E-state index is 0.323. The Balaban J connectivity index is 1.51. The first-order valence-corrected chi connectivity index (χ1v) is 8.87. The summed E-state index contributed by atoms with van der Waals surface area (Å²) in [6.07, 6.45) is 5.60. The van der Waals surface area contributed by atoms with Crippen molar-refractivity contribution in [3.05, 3.63) is 89.4 Å². The van der Waals surface area contributed by atoms with Crippen LogP contribution in [-0.2, 0) is 19.1 Å². The maximum absolute atomic E-state index is 12.7. The van der Waals surface area contributed by atoms with Gasteiger partial charge in [-0.1, -0.05) is 18.2 Å². The second-order valence-electron chi connectivity index (χ2n) is 6.81. The van der Waals surface area contributed by atoms with Gasteiger partial charge in [-0.2, -0.15) is 13.2 Å². The van der Waals surface area contributed by atoms with Gasteiger partial charge in [0.1, 0.15) is 5.65 Å². The number of aromatic nitrogens is 2. The molecule has 4 nitrogen and oxygen atoms in total. The summed E-state index contributed by atoms with van der Waals surface area (Å²) in [7, 11) is 0. The van der Waals surface area contributed by atoms with Crippen LogP contribution in [0.15, 0.2) is 72.7 Å². The Hall–Kier alpha value is -3.06. The van der Waals surface area contributed by atoms with Crippen LogP contribution in [0.3, 0.4) is 0 Å². The maximum atomic E-state index is 12.7. The standard InChI is InChI=1S/C21H19F3N4/c22-21(23,24)17-6-3-14(4-7-17)12-28-13-15(5-8-19(28)25)10-16-11-27-20-18(16)2-1-9-26-20/h1-9,11,13,19H,10,12,25H2,(H,26,27). The third kappa shape index (κ3) is 3.80. The molecular weight excluding hydrogens is 365 g/mol. The van der Waals surface area contributed by atoms with Crippen molar-refractivity contribution in [2.45, 2.75) is 25.3 Å². The van der Waals surface area contributed by atoms with Crippen molar-refractivity contribution in [2.75, 3.05) is 0 Å². The lowest BCUT2D eigenvalue weighted by Gasteiger charge is -2.29. The molecule has 3 aromatic rings. The second-order valence-corrected chi connectivity index (χ2v) is 6.81. The van der Waals surface area contributed by atoms with Crippen LogP contribution >= 0.6 is 0 Å². The average molecular weight is 384 g/mol. The number of H-pyrrole nitrogens is 1. The van der Waals surface area contributed by atoms with Crippen molar-refractivity contribution in [1.82, 2.24) is 14.9 Å². The third-order valence-corrected chi connectivity index (χ3v) is 4.80. The van der Waals surface area contributed by atoms with Gasteiger partial charge in [-0.3, -0.25) is 0 Å². The van der Waals surface area contributed by atoms with Gasteiger partial charge in [0.2, 0.25) is 0 Å². The molecule has 0 aliphatic carbocycles. The van der Waals surface area contributed by atoms with E-state index in [-0.39, 0.29) is 6.17 Å². The van der Waals surface area contributed by atoms with E-state index in [2.05, 4.69) is 9.97 Å². The van der Waals surface area contributed by atoms with Crippen LogP contribution in [0.2, 0.25) is 0 Å². The first-order chi connectivity index (χ1) is 13.4. The number of nitrogens with one attached hydrogen (secondary N) is 1. The van der Waals surface area contributed by atoms with E-state index in [9.17, 15) is 13.2 Å². The molecule has 1 aromatic carbocycles. The molecule has 1 unspecified atom stereocenters. The molecule has 3 N–H and O–H groups in total. The van der Waals surface area contributed by atoms with E-state index in [1.54, 1.807) is 6.20 Å². The highest BCUT2D eigenvalue weighted by molar-refractivity contribution is 5.79. The number of rotatable bonds is 4. The van der Waals surface area contributed by atoms with Gasteiger partial charge in [0.25, 0.3) is 0 Å². The van der Waals surface area contributed by atoms with Crippen LogP contribution < -0.4 is 5.73 Å². The van der Waals surface area contributed by atoms with Gasteiger partial charge >= 0.3 is 6.18 Å². The number of pyridine rings is 1. The van der Waals surface area contributed by atoms with Crippen LogP contribution in [0.25, 0.3) is 11.0 Å². The zero-order chi connectivity index (χ0) is 19.7. The Labute approximate surface area is 160 Å². The number of alkyl halides is 3. The number of nitrogens with zero attached hydrogens (tertiary/aromatic N) is 2. The molecule has 0 bridgehead atoms. The summed E-state index contributed by atoms with van der Waals surface area (Å²) in [6, 6.07) is 9.11. The topological polar surface area (TPSA) is 57.9 Å². The number of halogens is 3.